The minimum absolute atomic E-state index is 0.236. The maximum Gasteiger partial charge on any atom is 0.313 e. The van der Waals surface area contributed by atoms with E-state index in [0.29, 0.717) is 5.56 Å². The first-order chi connectivity index (χ1) is 9.11. The largest absolute Gasteiger partial charge is 0.469 e. The predicted molar refractivity (Wildman–Crippen MR) is 69.3 cm³/mol. The van der Waals surface area contributed by atoms with Crippen LogP contribution in [0.1, 0.15) is 22.6 Å². The van der Waals surface area contributed by atoms with Crippen molar-refractivity contribution < 1.29 is 14.3 Å². The second-order valence-corrected chi connectivity index (χ2v) is 4.07. The topological polar surface area (TPSA) is 61.2 Å². The Hall–Kier alpha value is -2.43. The zero-order chi connectivity index (χ0) is 13.8. The van der Waals surface area contributed by atoms with E-state index >= 15 is 0 Å². The average molecular weight is 258 g/mol. The van der Waals surface area contributed by atoms with Crippen molar-refractivity contribution >= 4 is 11.8 Å². The Bertz CT molecular complexity index is 599. The van der Waals surface area contributed by atoms with Crippen LogP contribution in [0.3, 0.4) is 0 Å². The number of imidazole rings is 1. The van der Waals surface area contributed by atoms with Crippen LogP contribution in [0.4, 0.5) is 0 Å². The summed E-state index contributed by atoms with van der Waals surface area (Å²) in [4.78, 5) is 26.9. The highest BCUT2D eigenvalue weighted by Crippen LogP contribution is 2.13. The van der Waals surface area contributed by atoms with Gasteiger partial charge in [-0.15, -0.1) is 0 Å². The number of carbonyl (C=O) groups excluding carboxylic acids is 2. The van der Waals surface area contributed by atoms with Crippen molar-refractivity contribution in [3.63, 3.8) is 0 Å². The highest BCUT2D eigenvalue weighted by Gasteiger charge is 2.12. The van der Waals surface area contributed by atoms with E-state index in [4.69, 9.17) is 0 Å². The SMILES string of the molecule is COC(=O)CC(=O)c1ccc(-n2ccnc2C)cc1. The van der Waals surface area contributed by atoms with Crippen molar-refractivity contribution in [2.75, 3.05) is 7.11 Å². The smallest absolute Gasteiger partial charge is 0.313 e. The van der Waals surface area contributed by atoms with Crippen LogP contribution in [-0.2, 0) is 9.53 Å². The summed E-state index contributed by atoms with van der Waals surface area (Å²) in [6, 6.07) is 7.03. The Kier molecular flexibility index (Phi) is 3.75. The van der Waals surface area contributed by atoms with Crippen LogP contribution >= 0.6 is 0 Å². The van der Waals surface area contributed by atoms with Crippen LogP contribution in [0, 0.1) is 6.92 Å². The van der Waals surface area contributed by atoms with Crippen molar-refractivity contribution in [1.29, 1.82) is 0 Å². The van der Waals surface area contributed by atoms with Crippen molar-refractivity contribution in [3.8, 4) is 5.69 Å². The molecule has 2 aromatic rings. The number of aryl methyl sites for hydroxylation is 1. The number of hydrogen-bond acceptors (Lipinski definition) is 4. The molecule has 98 valence electrons. The zero-order valence-corrected chi connectivity index (χ0v) is 10.8. The maximum atomic E-state index is 11.8. The van der Waals surface area contributed by atoms with Gasteiger partial charge in [-0.2, -0.15) is 0 Å². The number of carbonyl (C=O) groups is 2. The van der Waals surface area contributed by atoms with E-state index in [0.717, 1.165) is 11.5 Å². The first kappa shape index (κ1) is 13.0. The number of aromatic nitrogens is 2. The maximum absolute atomic E-state index is 11.8. The molecule has 0 aliphatic carbocycles. The number of Topliss-reactive ketones (excluding diaryl/α,β-unsaturated/α-hetero) is 1. The third-order valence-corrected chi connectivity index (χ3v) is 2.83. The van der Waals surface area contributed by atoms with Gasteiger partial charge in [-0.05, 0) is 31.2 Å². The van der Waals surface area contributed by atoms with Gasteiger partial charge in [0.05, 0.1) is 7.11 Å². The summed E-state index contributed by atoms with van der Waals surface area (Å²) in [6.07, 6.45) is 3.33. The fraction of sp³-hybridized carbons (Fsp3) is 0.214. The molecule has 0 bridgehead atoms. The van der Waals surface area contributed by atoms with Crippen LogP contribution in [0.25, 0.3) is 5.69 Å². The van der Waals surface area contributed by atoms with Gasteiger partial charge >= 0.3 is 5.97 Å². The van der Waals surface area contributed by atoms with Gasteiger partial charge in [0.1, 0.15) is 12.2 Å². The molecule has 0 N–H and O–H groups in total. The molecule has 1 aromatic carbocycles. The van der Waals surface area contributed by atoms with Gasteiger partial charge in [-0.3, -0.25) is 9.59 Å². The Morgan fingerprint density at radius 1 is 1.26 bits per heavy atom. The lowest BCUT2D eigenvalue weighted by Gasteiger charge is -2.06. The van der Waals surface area contributed by atoms with Crippen LogP contribution in [0.5, 0.6) is 0 Å². The van der Waals surface area contributed by atoms with E-state index in [9.17, 15) is 9.59 Å². The van der Waals surface area contributed by atoms with E-state index in [2.05, 4.69) is 9.72 Å². The molecular weight excluding hydrogens is 244 g/mol. The third kappa shape index (κ3) is 2.88. The van der Waals surface area contributed by atoms with Crippen molar-refractivity contribution in [2.24, 2.45) is 0 Å². The zero-order valence-electron chi connectivity index (χ0n) is 10.8. The first-order valence-electron chi connectivity index (χ1n) is 5.82. The number of rotatable bonds is 4. The molecule has 0 spiro atoms. The number of ether oxygens (including phenoxy) is 1. The molecule has 0 saturated carbocycles. The summed E-state index contributed by atoms with van der Waals surface area (Å²) in [5.41, 5.74) is 1.41. The minimum atomic E-state index is -0.528. The lowest BCUT2D eigenvalue weighted by molar-refractivity contribution is -0.139. The van der Waals surface area contributed by atoms with Gasteiger partial charge in [-0.25, -0.2) is 4.98 Å². The van der Waals surface area contributed by atoms with Crippen LogP contribution in [0.2, 0.25) is 0 Å². The van der Waals surface area contributed by atoms with E-state index in [-0.39, 0.29) is 12.2 Å². The van der Waals surface area contributed by atoms with E-state index < -0.39 is 5.97 Å². The van der Waals surface area contributed by atoms with Crippen molar-refractivity contribution in [3.05, 3.63) is 48.0 Å². The molecule has 0 unspecified atom stereocenters. The summed E-state index contributed by atoms with van der Waals surface area (Å²) in [7, 11) is 1.26. The third-order valence-electron chi connectivity index (χ3n) is 2.83. The second-order valence-electron chi connectivity index (χ2n) is 4.07. The monoisotopic (exact) mass is 258 g/mol. The summed E-state index contributed by atoms with van der Waals surface area (Å²) in [6.45, 7) is 1.90. The molecule has 0 saturated heterocycles. The Morgan fingerprint density at radius 2 is 1.95 bits per heavy atom. The van der Waals surface area contributed by atoms with Gasteiger partial charge in [0.15, 0.2) is 5.78 Å². The van der Waals surface area contributed by atoms with Crippen LogP contribution in [0.15, 0.2) is 36.7 Å². The number of methoxy groups -OCH3 is 1. The van der Waals surface area contributed by atoms with Gasteiger partial charge in [0, 0.05) is 23.6 Å². The summed E-state index contributed by atoms with van der Waals surface area (Å²) in [5, 5.41) is 0. The van der Waals surface area contributed by atoms with Gasteiger partial charge in [-0.1, -0.05) is 0 Å². The normalized spacial score (nSPS) is 10.2. The predicted octanol–water partition coefficient (Wildman–Crippen LogP) is 1.93. The lowest BCUT2D eigenvalue weighted by Crippen LogP contribution is -2.09. The standard InChI is InChI=1S/C14H14N2O3/c1-10-15-7-8-16(10)12-5-3-11(4-6-12)13(17)9-14(18)19-2/h3-8H,9H2,1-2H3. The molecule has 0 radical (unpaired) electrons. The fourth-order valence-corrected chi connectivity index (χ4v) is 1.76. The molecule has 1 heterocycles. The molecule has 2 rings (SSSR count). The van der Waals surface area contributed by atoms with Crippen LogP contribution < -0.4 is 0 Å². The molecule has 5 nitrogen and oxygen atoms in total. The highest BCUT2D eigenvalue weighted by molar-refractivity contribution is 6.05. The van der Waals surface area contributed by atoms with Crippen molar-refractivity contribution in [2.45, 2.75) is 13.3 Å². The minimum Gasteiger partial charge on any atom is -0.469 e. The van der Waals surface area contributed by atoms with E-state index in [1.807, 2.05) is 29.8 Å². The molecule has 0 aliphatic heterocycles. The molecule has 19 heavy (non-hydrogen) atoms. The Labute approximate surface area is 110 Å². The highest BCUT2D eigenvalue weighted by atomic mass is 16.5. The number of ketones is 1. The molecule has 0 atom stereocenters. The molecular formula is C14H14N2O3. The van der Waals surface area contributed by atoms with E-state index in [1.54, 1.807) is 18.3 Å². The Balaban J connectivity index is 2.17. The first-order valence-corrected chi connectivity index (χ1v) is 5.82. The molecule has 0 fully saturated rings. The number of benzene rings is 1. The summed E-state index contributed by atoms with van der Waals surface area (Å²) < 4.78 is 6.38. The van der Waals surface area contributed by atoms with Gasteiger partial charge < -0.3 is 9.30 Å². The number of nitrogens with zero attached hydrogens (tertiary/aromatic N) is 2. The second kappa shape index (κ2) is 5.48. The molecule has 5 heteroatoms. The van der Waals surface area contributed by atoms with Gasteiger partial charge in [0.25, 0.3) is 0 Å². The van der Waals surface area contributed by atoms with Crippen molar-refractivity contribution in [1.82, 2.24) is 9.55 Å². The van der Waals surface area contributed by atoms with Gasteiger partial charge in [0.2, 0.25) is 0 Å². The molecule has 1 aromatic heterocycles. The quantitative estimate of drug-likeness (QED) is 0.477. The van der Waals surface area contributed by atoms with Crippen LogP contribution in [-0.4, -0.2) is 28.4 Å². The molecule has 0 amide bonds. The summed E-state index contributed by atoms with van der Waals surface area (Å²) in [5.74, 6) is 0.0916. The summed E-state index contributed by atoms with van der Waals surface area (Å²) >= 11 is 0. The number of hydrogen-bond donors (Lipinski definition) is 0. The fourth-order valence-electron chi connectivity index (χ4n) is 1.76. The number of esters is 1. The van der Waals surface area contributed by atoms with E-state index in [1.165, 1.54) is 7.11 Å². The average Bonchev–Trinajstić information content (AvgIpc) is 2.85. The lowest BCUT2D eigenvalue weighted by atomic mass is 10.1. The Morgan fingerprint density at radius 3 is 2.47 bits per heavy atom. The molecule has 0 aliphatic rings.